The summed E-state index contributed by atoms with van der Waals surface area (Å²) >= 11 is 0. The number of unbranched alkanes of at least 4 members (excludes halogenated alkanes) is 11. The molecule has 0 aromatic heterocycles. The van der Waals surface area contributed by atoms with Crippen LogP contribution < -0.4 is 10.6 Å². The van der Waals surface area contributed by atoms with Gasteiger partial charge in [-0.05, 0) is 103 Å². The summed E-state index contributed by atoms with van der Waals surface area (Å²) in [6.45, 7) is 3.33. The van der Waals surface area contributed by atoms with E-state index in [1.807, 2.05) is 0 Å². The monoisotopic (exact) mass is 809 g/mol. The van der Waals surface area contributed by atoms with Crippen LogP contribution in [0.2, 0.25) is 0 Å². The van der Waals surface area contributed by atoms with Crippen LogP contribution >= 0.6 is 0 Å². The lowest BCUT2D eigenvalue weighted by Gasteiger charge is -2.18. The first-order valence-corrected chi connectivity index (χ1v) is 22.5. The van der Waals surface area contributed by atoms with Crippen molar-refractivity contribution in [2.75, 3.05) is 13.2 Å². The smallest absolute Gasteiger partial charge is 0.328 e. The quantitative estimate of drug-likeness (QED) is 0.0275. The normalized spacial score (nSPS) is 13.3. The number of ether oxygens (including phenoxy) is 1. The molecule has 0 radical (unpaired) electrons. The number of nitrogens with one attached hydrogen (secondary N) is 2. The average molecular weight is 809 g/mol. The van der Waals surface area contributed by atoms with Crippen LogP contribution in [0.5, 0.6) is 0 Å². The van der Waals surface area contributed by atoms with Crippen LogP contribution in [0, 0.1) is 0 Å². The van der Waals surface area contributed by atoms with Gasteiger partial charge in [0.1, 0.15) is 12.1 Å². The predicted molar refractivity (Wildman–Crippen MR) is 240 cm³/mol. The number of aliphatic hydroxyl groups is 1. The molecule has 0 aromatic rings. The van der Waals surface area contributed by atoms with Crippen LogP contribution in [0.3, 0.4) is 0 Å². The van der Waals surface area contributed by atoms with E-state index in [4.69, 9.17) is 14.9 Å². The summed E-state index contributed by atoms with van der Waals surface area (Å²) in [5.41, 5.74) is 0. The van der Waals surface area contributed by atoms with Gasteiger partial charge in [-0.2, -0.15) is 0 Å². The molecule has 0 spiro atoms. The van der Waals surface area contributed by atoms with Crippen molar-refractivity contribution < 1.29 is 34.1 Å². The summed E-state index contributed by atoms with van der Waals surface area (Å²) in [6.07, 6.45) is 54.7. The van der Waals surface area contributed by atoms with Gasteiger partial charge in [-0.1, -0.05) is 144 Å². The minimum absolute atomic E-state index is 0.0920. The molecule has 2 amide bonds. The van der Waals surface area contributed by atoms with Gasteiger partial charge in [0.25, 0.3) is 0 Å². The van der Waals surface area contributed by atoms with Crippen LogP contribution in [0.15, 0.2) is 85.1 Å². The second-order valence-electron chi connectivity index (χ2n) is 14.7. The third-order valence-corrected chi connectivity index (χ3v) is 9.38. The van der Waals surface area contributed by atoms with Crippen LogP contribution in [0.4, 0.5) is 0 Å². The topological polar surface area (TPSA) is 142 Å². The zero-order valence-electron chi connectivity index (χ0n) is 36.3. The highest BCUT2D eigenvalue weighted by atomic mass is 16.5. The van der Waals surface area contributed by atoms with Crippen molar-refractivity contribution in [2.45, 2.75) is 187 Å². The van der Waals surface area contributed by atoms with Gasteiger partial charge >= 0.3 is 11.9 Å². The Balaban J connectivity index is 4.51. The Morgan fingerprint density at radius 3 is 1.59 bits per heavy atom. The van der Waals surface area contributed by atoms with Crippen LogP contribution in [-0.4, -0.2) is 59.3 Å². The maximum atomic E-state index is 12.8. The van der Waals surface area contributed by atoms with E-state index >= 15 is 0 Å². The van der Waals surface area contributed by atoms with E-state index in [0.29, 0.717) is 12.8 Å². The Labute approximate surface area is 352 Å². The molecule has 0 bridgehead atoms. The molecular formula is C49H80N2O7. The first kappa shape index (κ1) is 54.0. The molecule has 0 saturated carbocycles. The Hall–Kier alpha value is -3.98. The first-order chi connectivity index (χ1) is 28.3. The molecule has 328 valence electrons. The van der Waals surface area contributed by atoms with Gasteiger partial charge in [0.15, 0.2) is 0 Å². The van der Waals surface area contributed by atoms with Gasteiger partial charge in [-0.15, -0.1) is 0 Å². The lowest BCUT2D eigenvalue weighted by atomic mass is 10.0. The molecule has 0 saturated heterocycles. The maximum Gasteiger partial charge on any atom is 0.328 e. The molecule has 0 aromatic carbocycles. The van der Waals surface area contributed by atoms with Gasteiger partial charge < -0.3 is 25.6 Å². The molecule has 0 aliphatic rings. The number of esters is 1. The van der Waals surface area contributed by atoms with E-state index in [0.717, 1.165) is 109 Å². The van der Waals surface area contributed by atoms with E-state index in [1.54, 1.807) is 0 Å². The Morgan fingerprint density at radius 1 is 0.534 bits per heavy atom. The molecular weight excluding hydrogens is 729 g/mol. The number of rotatable bonds is 39. The Kier molecular flexibility index (Phi) is 39.7. The predicted octanol–water partition coefficient (Wildman–Crippen LogP) is 11.3. The molecule has 0 heterocycles. The molecule has 2 unspecified atom stereocenters. The number of hydrogen-bond donors (Lipinski definition) is 4. The van der Waals surface area contributed by atoms with E-state index in [-0.39, 0.29) is 30.9 Å². The number of hydrogen-bond acceptors (Lipinski definition) is 6. The lowest BCUT2D eigenvalue weighted by molar-refractivity contribution is -0.150. The highest BCUT2D eigenvalue weighted by Gasteiger charge is 2.19. The second-order valence-corrected chi connectivity index (χ2v) is 14.7. The number of carbonyl (C=O) groups is 4. The van der Waals surface area contributed by atoms with E-state index < -0.39 is 24.5 Å². The van der Waals surface area contributed by atoms with E-state index in [2.05, 4.69) is 110 Å². The number of aliphatic hydroxyl groups excluding tert-OH is 1. The van der Waals surface area contributed by atoms with Gasteiger partial charge in [-0.25, -0.2) is 4.79 Å². The average Bonchev–Trinajstić information content (AvgIpc) is 3.21. The van der Waals surface area contributed by atoms with Crippen LogP contribution in [0.1, 0.15) is 174 Å². The van der Waals surface area contributed by atoms with Crippen molar-refractivity contribution in [3.05, 3.63) is 85.1 Å². The molecule has 2 atom stereocenters. The van der Waals surface area contributed by atoms with Gasteiger partial charge in [0, 0.05) is 12.8 Å². The van der Waals surface area contributed by atoms with Crippen LogP contribution in [0.25, 0.3) is 0 Å². The zero-order chi connectivity index (χ0) is 42.6. The maximum absolute atomic E-state index is 12.8. The lowest BCUT2D eigenvalue weighted by Crippen LogP contribution is -2.47. The van der Waals surface area contributed by atoms with Gasteiger partial charge in [-0.3, -0.25) is 14.4 Å². The summed E-state index contributed by atoms with van der Waals surface area (Å²) in [5.74, 6) is -2.40. The SMILES string of the molecule is CC/C=C\C/C=C\C/C=C\C/C=C\C/C=C\CCCC(=O)OC(CCC/C=C\C/C=C\CCCCCCC)CCCCCCCC(=O)NCC(=O)NC(CO)C(=O)O. The summed E-state index contributed by atoms with van der Waals surface area (Å²) in [4.78, 5) is 47.6. The van der Waals surface area contributed by atoms with Crippen molar-refractivity contribution in [3.8, 4) is 0 Å². The largest absolute Gasteiger partial charge is 0.480 e. The summed E-state index contributed by atoms with van der Waals surface area (Å²) < 4.78 is 5.98. The van der Waals surface area contributed by atoms with E-state index in [1.165, 1.54) is 32.1 Å². The number of allylic oxidation sites excluding steroid dienone is 14. The highest BCUT2D eigenvalue weighted by Crippen LogP contribution is 2.17. The fourth-order valence-corrected chi connectivity index (χ4v) is 5.96. The number of aliphatic carboxylic acids is 1. The number of amides is 2. The van der Waals surface area contributed by atoms with Crippen molar-refractivity contribution in [1.29, 1.82) is 0 Å². The molecule has 0 aliphatic heterocycles. The van der Waals surface area contributed by atoms with Crippen LogP contribution in [-0.2, 0) is 23.9 Å². The third-order valence-electron chi connectivity index (χ3n) is 9.38. The molecule has 0 rings (SSSR count). The molecule has 0 fully saturated rings. The third kappa shape index (κ3) is 38.9. The first-order valence-electron chi connectivity index (χ1n) is 22.5. The molecule has 9 heteroatoms. The van der Waals surface area contributed by atoms with Crippen molar-refractivity contribution in [2.24, 2.45) is 0 Å². The Bertz CT molecular complexity index is 1250. The minimum atomic E-state index is -1.39. The summed E-state index contributed by atoms with van der Waals surface area (Å²) in [5, 5.41) is 22.6. The van der Waals surface area contributed by atoms with Crippen molar-refractivity contribution in [1.82, 2.24) is 10.6 Å². The highest BCUT2D eigenvalue weighted by molar-refractivity contribution is 5.87. The fourth-order valence-electron chi connectivity index (χ4n) is 5.96. The Morgan fingerprint density at radius 2 is 1.02 bits per heavy atom. The number of carboxylic acids is 1. The number of carboxylic acid groups (broad SMARTS) is 1. The molecule has 9 nitrogen and oxygen atoms in total. The van der Waals surface area contributed by atoms with Gasteiger partial charge in [0.2, 0.25) is 11.8 Å². The van der Waals surface area contributed by atoms with E-state index in [9.17, 15) is 19.2 Å². The molecule has 58 heavy (non-hydrogen) atoms. The second kappa shape index (κ2) is 42.6. The molecule has 0 aliphatic carbocycles. The summed E-state index contributed by atoms with van der Waals surface area (Å²) in [6, 6.07) is -1.39. The standard InChI is InChI=1S/C49H80N2O7/c1-3-5-7-9-11-13-15-17-18-19-20-22-24-26-28-33-37-41-48(55)58-44(38-34-30-27-25-23-21-16-14-12-10-8-6-4-2)39-35-31-29-32-36-40-46(53)50-42-47(54)51-45(43-52)49(56)57/h5,7,11,13,16-18,20-22,25-28,44-45,52H,3-4,6,8-10,12,14-15,19,23-24,29-43H2,1-2H3,(H,50,53)(H,51,54)(H,56,57)/b7-5-,13-11-,18-17-,21-16-,22-20-,27-25-,28-26-. The van der Waals surface area contributed by atoms with Crippen molar-refractivity contribution >= 4 is 23.8 Å². The summed E-state index contributed by atoms with van der Waals surface area (Å²) in [7, 11) is 0. The molecule has 4 N–H and O–H groups in total. The number of carbonyl (C=O) groups excluding carboxylic acids is 3. The minimum Gasteiger partial charge on any atom is -0.480 e. The fraction of sp³-hybridized carbons (Fsp3) is 0.633. The zero-order valence-corrected chi connectivity index (χ0v) is 36.3. The van der Waals surface area contributed by atoms with Gasteiger partial charge in [0.05, 0.1) is 13.2 Å². The van der Waals surface area contributed by atoms with Crippen molar-refractivity contribution in [3.63, 3.8) is 0 Å².